The third kappa shape index (κ3) is 2.80. The molecule has 19 heavy (non-hydrogen) atoms. The molecular weight excluding hydrogens is 240 g/mol. The summed E-state index contributed by atoms with van der Waals surface area (Å²) in [6.07, 6.45) is 2.66. The second-order valence-corrected chi connectivity index (χ2v) is 5.41. The van der Waals surface area contributed by atoms with Crippen molar-refractivity contribution in [3.8, 4) is 0 Å². The highest BCUT2D eigenvalue weighted by Crippen LogP contribution is 2.27. The van der Waals surface area contributed by atoms with Crippen LogP contribution in [-0.2, 0) is 6.61 Å². The van der Waals surface area contributed by atoms with E-state index in [1.54, 1.807) is 12.1 Å². The first-order valence-corrected chi connectivity index (χ1v) is 7.01. The van der Waals surface area contributed by atoms with E-state index in [1.807, 2.05) is 17.0 Å². The Kier molecular flexibility index (Phi) is 3.53. The molecule has 1 aromatic carbocycles. The number of aliphatic hydroxyl groups excluding tert-OH is 1. The molecule has 1 aliphatic heterocycles. The lowest BCUT2D eigenvalue weighted by molar-refractivity contribution is 0.0627. The number of aliphatic hydroxyl groups is 1. The Balaban J connectivity index is 1.60. The Morgan fingerprint density at radius 1 is 1.11 bits per heavy atom. The maximum Gasteiger partial charge on any atom is 0.253 e. The van der Waals surface area contributed by atoms with Crippen molar-refractivity contribution in [2.24, 2.45) is 0 Å². The molecule has 0 aromatic heterocycles. The average Bonchev–Trinajstić information content (AvgIpc) is 3.31. The molecule has 1 amide bonds. The van der Waals surface area contributed by atoms with Crippen LogP contribution in [0.1, 0.15) is 28.8 Å². The van der Waals surface area contributed by atoms with E-state index in [0.29, 0.717) is 0 Å². The lowest BCUT2D eigenvalue weighted by Gasteiger charge is -2.34. The lowest BCUT2D eigenvalue weighted by Crippen LogP contribution is -2.49. The Hall–Kier alpha value is -1.39. The first kappa shape index (κ1) is 12.6. The van der Waals surface area contributed by atoms with Gasteiger partial charge in [0.25, 0.3) is 5.91 Å². The maximum absolute atomic E-state index is 12.3. The molecule has 1 heterocycles. The third-order valence-electron chi connectivity index (χ3n) is 4.05. The van der Waals surface area contributed by atoms with Crippen molar-refractivity contribution in [2.75, 3.05) is 26.2 Å². The highest BCUT2D eigenvalue weighted by Gasteiger charge is 2.32. The van der Waals surface area contributed by atoms with Gasteiger partial charge in [-0.05, 0) is 30.5 Å². The fraction of sp³-hybridized carbons (Fsp3) is 0.533. The van der Waals surface area contributed by atoms with Gasteiger partial charge >= 0.3 is 0 Å². The van der Waals surface area contributed by atoms with E-state index in [1.165, 1.54) is 12.8 Å². The van der Waals surface area contributed by atoms with Gasteiger partial charge in [0.15, 0.2) is 0 Å². The van der Waals surface area contributed by atoms with Crippen LogP contribution < -0.4 is 0 Å². The molecule has 0 atom stereocenters. The zero-order chi connectivity index (χ0) is 13.2. The molecule has 4 heteroatoms. The van der Waals surface area contributed by atoms with Gasteiger partial charge < -0.3 is 10.0 Å². The Bertz CT molecular complexity index is 446. The maximum atomic E-state index is 12.3. The van der Waals surface area contributed by atoms with Gasteiger partial charge in [-0.2, -0.15) is 0 Å². The zero-order valence-corrected chi connectivity index (χ0v) is 11.1. The molecule has 0 unspecified atom stereocenters. The lowest BCUT2D eigenvalue weighted by atomic mass is 10.1. The number of hydrogen-bond acceptors (Lipinski definition) is 3. The number of piperazine rings is 1. The fourth-order valence-corrected chi connectivity index (χ4v) is 2.67. The van der Waals surface area contributed by atoms with Crippen LogP contribution in [0.15, 0.2) is 24.3 Å². The molecule has 102 valence electrons. The summed E-state index contributed by atoms with van der Waals surface area (Å²) in [5, 5.41) is 9.00. The van der Waals surface area contributed by atoms with Crippen molar-refractivity contribution in [2.45, 2.75) is 25.5 Å². The third-order valence-corrected chi connectivity index (χ3v) is 4.05. The minimum Gasteiger partial charge on any atom is -0.392 e. The summed E-state index contributed by atoms with van der Waals surface area (Å²) in [5.74, 6) is 0.111. The van der Waals surface area contributed by atoms with Crippen LogP contribution >= 0.6 is 0 Å². The van der Waals surface area contributed by atoms with Crippen LogP contribution in [0, 0.1) is 0 Å². The van der Waals surface area contributed by atoms with Gasteiger partial charge in [0.2, 0.25) is 0 Å². The number of benzene rings is 1. The van der Waals surface area contributed by atoms with Crippen LogP contribution in [0.3, 0.4) is 0 Å². The Morgan fingerprint density at radius 3 is 2.26 bits per heavy atom. The van der Waals surface area contributed by atoms with Crippen molar-refractivity contribution in [3.05, 3.63) is 35.4 Å². The van der Waals surface area contributed by atoms with E-state index < -0.39 is 0 Å². The molecule has 3 rings (SSSR count). The quantitative estimate of drug-likeness (QED) is 0.885. The smallest absolute Gasteiger partial charge is 0.253 e. The summed E-state index contributed by atoms with van der Waals surface area (Å²) >= 11 is 0. The predicted molar refractivity (Wildman–Crippen MR) is 72.9 cm³/mol. The molecule has 1 aromatic rings. The minimum absolute atomic E-state index is 0.0224. The normalized spacial score (nSPS) is 20.6. The van der Waals surface area contributed by atoms with Crippen LogP contribution in [0.4, 0.5) is 0 Å². The van der Waals surface area contributed by atoms with Crippen molar-refractivity contribution < 1.29 is 9.90 Å². The molecule has 0 radical (unpaired) electrons. The van der Waals surface area contributed by atoms with E-state index in [4.69, 9.17) is 5.11 Å². The van der Waals surface area contributed by atoms with E-state index in [-0.39, 0.29) is 12.5 Å². The van der Waals surface area contributed by atoms with Crippen molar-refractivity contribution >= 4 is 5.91 Å². The summed E-state index contributed by atoms with van der Waals surface area (Å²) in [6, 6.07) is 8.03. The molecule has 4 nitrogen and oxygen atoms in total. The first-order chi connectivity index (χ1) is 9.28. The van der Waals surface area contributed by atoms with Gasteiger partial charge in [-0.3, -0.25) is 9.69 Å². The summed E-state index contributed by atoms with van der Waals surface area (Å²) in [7, 11) is 0. The van der Waals surface area contributed by atoms with E-state index in [2.05, 4.69) is 4.90 Å². The number of hydrogen-bond donors (Lipinski definition) is 1. The molecule has 1 N–H and O–H groups in total. The topological polar surface area (TPSA) is 43.8 Å². The van der Waals surface area contributed by atoms with Crippen LogP contribution in [-0.4, -0.2) is 53.0 Å². The monoisotopic (exact) mass is 260 g/mol. The number of nitrogens with zero attached hydrogens (tertiary/aromatic N) is 2. The standard InChI is InChI=1S/C15H20N2O2/c18-11-12-1-3-13(4-2-12)15(19)17-9-7-16(8-10-17)14-5-6-14/h1-4,14,18H,5-11H2. The predicted octanol–water partition coefficient (Wildman–Crippen LogP) is 1.10. The molecule has 2 aliphatic rings. The van der Waals surface area contributed by atoms with Crippen molar-refractivity contribution in [3.63, 3.8) is 0 Å². The van der Waals surface area contributed by atoms with Gasteiger partial charge in [-0.15, -0.1) is 0 Å². The minimum atomic E-state index is 0.0224. The van der Waals surface area contributed by atoms with E-state index >= 15 is 0 Å². The summed E-state index contributed by atoms with van der Waals surface area (Å²) in [6.45, 7) is 3.69. The highest BCUT2D eigenvalue weighted by atomic mass is 16.3. The van der Waals surface area contributed by atoms with Crippen LogP contribution in [0.5, 0.6) is 0 Å². The second-order valence-electron chi connectivity index (χ2n) is 5.41. The molecule has 0 spiro atoms. The SMILES string of the molecule is O=C(c1ccc(CO)cc1)N1CCN(C2CC2)CC1. The number of rotatable bonds is 3. The second kappa shape index (κ2) is 5.31. The zero-order valence-electron chi connectivity index (χ0n) is 11.1. The van der Waals surface area contributed by atoms with Crippen molar-refractivity contribution in [1.82, 2.24) is 9.80 Å². The van der Waals surface area contributed by atoms with Gasteiger partial charge in [-0.25, -0.2) is 0 Å². The van der Waals surface area contributed by atoms with E-state index in [0.717, 1.165) is 43.3 Å². The Labute approximate surface area is 113 Å². The Morgan fingerprint density at radius 2 is 1.74 bits per heavy atom. The number of amides is 1. The molecule has 0 bridgehead atoms. The number of carbonyl (C=O) groups is 1. The highest BCUT2D eigenvalue weighted by molar-refractivity contribution is 5.94. The van der Waals surface area contributed by atoms with Crippen LogP contribution in [0.2, 0.25) is 0 Å². The van der Waals surface area contributed by atoms with Crippen LogP contribution in [0.25, 0.3) is 0 Å². The molecular formula is C15H20N2O2. The van der Waals surface area contributed by atoms with Gasteiger partial charge in [0, 0.05) is 37.8 Å². The van der Waals surface area contributed by atoms with Crippen molar-refractivity contribution in [1.29, 1.82) is 0 Å². The fourth-order valence-electron chi connectivity index (χ4n) is 2.67. The molecule has 1 saturated heterocycles. The molecule has 1 saturated carbocycles. The molecule has 1 aliphatic carbocycles. The largest absolute Gasteiger partial charge is 0.392 e. The van der Waals surface area contributed by atoms with Gasteiger partial charge in [0.05, 0.1) is 6.61 Å². The van der Waals surface area contributed by atoms with Gasteiger partial charge in [-0.1, -0.05) is 12.1 Å². The summed E-state index contributed by atoms with van der Waals surface area (Å²) in [4.78, 5) is 16.8. The first-order valence-electron chi connectivity index (χ1n) is 7.01. The average molecular weight is 260 g/mol. The molecule has 2 fully saturated rings. The summed E-state index contributed by atoms with van der Waals surface area (Å²) < 4.78 is 0. The van der Waals surface area contributed by atoms with Gasteiger partial charge in [0.1, 0.15) is 0 Å². The number of carbonyl (C=O) groups excluding carboxylic acids is 1. The summed E-state index contributed by atoms with van der Waals surface area (Å²) in [5.41, 5.74) is 1.56. The van der Waals surface area contributed by atoms with E-state index in [9.17, 15) is 4.79 Å².